The molecular weight excluding hydrogens is 426 g/mol. The van der Waals surface area contributed by atoms with Crippen molar-refractivity contribution in [3.8, 4) is 0 Å². The lowest BCUT2D eigenvalue weighted by atomic mass is 10.1. The summed E-state index contributed by atoms with van der Waals surface area (Å²) in [6.07, 6.45) is 0.481. The van der Waals surface area contributed by atoms with Crippen molar-refractivity contribution in [3.63, 3.8) is 0 Å². The lowest BCUT2D eigenvalue weighted by Crippen LogP contribution is -2.56. The molecule has 1 aromatic rings. The summed E-state index contributed by atoms with van der Waals surface area (Å²) in [5, 5.41) is 6.04. The monoisotopic (exact) mass is 455 g/mol. The van der Waals surface area contributed by atoms with Crippen LogP contribution in [0.25, 0.3) is 0 Å². The lowest BCUT2D eigenvalue weighted by Gasteiger charge is -2.36. The fraction of sp³-hybridized carbons (Fsp3) is 0.600. The van der Waals surface area contributed by atoms with Crippen molar-refractivity contribution in [3.05, 3.63) is 16.0 Å². The van der Waals surface area contributed by atoms with E-state index in [0.29, 0.717) is 23.5 Å². The van der Waals surface area contributed by atoms with Crippen LogP contribution in [0, 0.1) is 12.8 Å². The van der Waals surface area contributed by atoms with Crippen LogP contribution in [0.4, 0.5) is 5.00 Å². The summed E-state index contributed by atoms with van der Waals surface area (Å²) in [4.78, 5) is 51.6. The molecule has 2 rings (SSSR count). The van der Waals surface area contributed by atoms with Gasteiger partial charge in [0.15, 0.2) is 5.50 Å². The minimum atomic E-state index is -0.590. The normalized spacial score (nSPS) is 16.6. The molecule has 0 radical (unpaired) electrons. The third-order valence-corrected chi connectivity index (χ3v) is 6.61. The molecular formula is C20H29N3O5S2. The second-order valence-electron chi connectivity index (χ2n) is 7.31. The summed E-state index contributed by atoms with van der Waals surface area (Å²) < 4.78 is 5.16. The smallest absolute Gasteiger partial charge is 0.341 e. The van der Waals surface area contributed by atoms with Gasteiger partial charge in [-0.1, -0.05) is 20.8 Å². The number of carbonyl (C=O) groups excluding carboxylic acids is 4. The number of nitrogens with zero attached hydrogens (tertiary/aromatic N) is 1. The highest BCUT2D eigenvalue weighted by Gasteiger charge is 2.33. The summed E-state index contributed by atoms with van der Waals surface area (Å²) >= 11 is 2.52. The van der Waals surface area contributed by atoms with Gasteiger partial charge >= 0.3 is 5.97 Å². The van der Waals surface area contributed by atoms with Crippen molar-refractivity contribution >= 4 is 51.8 Å². The van der Waals surface area contributed by atoms with Crippen LogP contribution < -0.4 is 10.6 Å². The summed E-state index contributed by atoms with van der Waals surface area (Å²) in [5.74, 6) is -1.09. The van der Waals surface area contributed by atoms with Crippen LogP contribution in [0.3, 0.4) is 0 Å². The maximum atomic E-state index is 12.6. The van der Waals surface area contributed by atoms with Crippen molar-refractivity contribution in [1.82, 2.24) is 10.2 Å². The Labute approximate surface area is 185 Å². The molecule has 166 valence electrons. The Balaban J connectivity index is 2.09. The van der Waals surface area contributed by atoms with E-state index >= 15 is 0 Å². The molecule has 1 aromatic heterocycles. The Bertz CT molecular complexity index is 822. The zero-order valence-electron chi connectivity index (χ0n) is 18.0. The molecule has 3 amide bonds. The van der Waals surface area contributed by atoms with Gasteiger partial charge in [-0.05, 0) is 31.7 Å². The number of carbonyl (C=O) groups is 4. The maximum Gasteiger partial charge on any atom is 0.341 e. The molecule has 8 nitrogen and oxygen atoms in total. The fourth-order valence-electron chi connectivity index (χ4n) is 3.19. The van der Waals surface area contributed by atoms with Crippen molar-refractivity contribution in [2.24, 2.45) is 5.92 Å². The van der Waals surface area contributed by atoms with Gasteiger partial charge in [0.05, 0.1) is 17.9 Å². The van der Waals surface area contributed by atoms with Gasteiger partial charge in [-0.15, -0.1) is 23.1 Å². The number of ether oxygens (including phenoxy) is 1. The zero-order valence-corrected chi connectivity index (χ0v) is 19.6. The van der Waals surface area contributed by atoms with E-state index in [0.717, 1.165) is 10.4 Å². The molecule has 0 aliphatic carbocycles. The fourth-order valence-corrected chi connectivity index (χ4v) is 5.32. The minimum absolute atomic E-state index is 0.0213. The third-order valence-electron chi connectivity index (χ3n) is 4.43. The molecule has 1 aliphatic rings. The molecule has 1 atom stereocenters. The van der Waals surface area contributed by atoms with Crippen LogP contribution >= 0.6 is 23.1 Å². The highest BCUT2D eigenvalue weighted by molar-refractivity contribution is 8.00. The first kappa shape index (κ1) is 24.2. The Hall–Kier alpha value is -2.07. The first-order valence-electron chi connectivity index (χ1n) is 9.97. The van der Waals surface area contributed by atoms with Gasteiger partial charge in [-0.25, -0.2) is 4.79 Å². The third kappa shape index (κ3) is 5.98. The van der Waals surface area contributed by atoms with Gasteiger partial charge in [-0.2, -0.15) is 0 Å². The molecule has 1 aliphatic heterocycles. The summed E-state index contributed by atoms with van der Waals surface area (Å²) in [7, 11) is 0. The van der Waals surface area contributed by atoms with Gasteiger partial charge in [0.1, 0.15) is 11.4 Å². The van der Waals surface area contributed by atoms with Gasteiger partial charge in [0.2, 0.25) is 17.7 Å². The molecule has 1 unspecified atom stereocenters. The SMILES string of the molecule is CCOC(=O)c1c(NC(=O)CSC2NC(=O)CC(=O)N2CC(C)C)sc(C)c1CC. The summed E-state index contributed by atoms with van der Waals surface area (Å²) in [6, 6.07) is 0. The van der Waals surface area contributed by atoms with E-state index in [4.69, 9.17) is 4.74 Å². The number of thiophene rings is 1. The first-order chi connectivity index (χ1) is 14.2. The first-order valence-corrected chi connectivity index (χ1v) is 11.8. The van der Waals surface area contributed by atoms with Crippen LogP contribution in [0.1, 0.15) is 54.9 Å². The van der Waals surface area contributed by atoms with E-state index in [1.807, 2.05) is 27.7 Å². The Kier molecular flexibility index (Phi) is 8.72. The highest BCUT2D eigenvalue weighted by atomic mass is 32.2. The molecule has 0 spiro atoms. The van der Waals surface area contributed by atoms with Gasteiger partial charge < -0.3 is 20.3 Å². The van der Waals surface area contributed by atoms with Crippen LogP contribution in [-0.4, -0.2) is 53.0 Å². The lowest BCUT2D eigenvalue weighted by molar-refractivity contribution is -0.142. The van der Waals surface area contributed by atoms with E-state index in [-0.39, 0.29) is 42.4 Å². The topological polar surface area (TPSA) is 105 Å². The Morgan fingerprint density at radius 1 is 1.33 bits per heavy atom. The quantitative estimate of drug-likeness (QED) is 0.438. The predicted octanol–water partition coefficient (Wildman–Crippen LogP) is 2.76. The van der Waals surface area contributed by atoms with Crippen molar-refractivity contribution in [1.29, 1.82) is 0 Å². The van der Waals surface area contributed by atoms with Crippen molar-refractivity contribution in [2.45, 2.75) is 53.0 Å². The van der Waals surface area contributed by atoms with Crippen LogP contribution in [-0.2, 0) is 25.5 Å². The summed E-state index contributed by atoms with van der Waals surface area (Å²) in [6.45, 7) is 10.3. The molecule has 0 bridgehead atoms. The summed E-state index contributed by atoms with van der Waals surface area (Å²) in [5.41, 5.74) is 0.685. The number of nitrogens with one attached hydrogen (secondary N) is 2. The van der Waals surface area contributed by atoms with Crippen LogP contribution in [0.2, 0.25) is 0 Å². The Morgan fingerprint density at radius 2 is 2.03 bits per heavy atom. The van der Waals surface area contributed by atoms with E-state index in [2.05, 4.69) is 10.6 Å². The molecule has 10 heteroatoms. The molecule has 0 aromatic carbocycles. The highest BCUT2D eigenvalue weighted by Crippen LogP contribution is 2.34. The second kappa shape index (κ2) is 10.8. The Morgan fingerprint density at radius 3 is 2.63 bits per heavy atom. The van der Waals surface area contributed by atoms with Crippen molar-refractivity contribution < 1.29 is 23.9 Å². The molecule has 1 fully saturated rings. The average Bonchev–Trinajstić information content (AvgIpc) is 2.97. The van der Waals surface area contributed by atoms with Gasteiger partial charge in [-0.3, -0.25) is 14.4 Å². The second-order valence-corrected chi connectivity index (χ2v) is 9.60. The number of rotatable bonds is 9. The number of hydrogen-bond acceptors (Lipinski definition) is 7. The van der Waals surface area contributed by atoms with Gasteiger partial charge in [0.25, 0.3) is 0 Å². The van der Waals surface area contributed by atoms with E-state index in [1.165, 1.54) is 23.1 Å². The maximum absolute atomic E-state index is 12.6. The number of amides is 3. The number of esters is 1. The van der Waals surface area contributed by atoms with E-state index in [1.54, 1.807) is 11.8 Å². The molecule has 0 saturated carbocycles. The largest absolute Gasteiger partial charge is 0.462 e. The number of aryl methyl sites for hydroxylation is 1. The number of anilines is 1. The van der Waals surface area contributed by atoms with Gasteiger partial charge in [0, 0.05) is 11.4 Å². The zero-order chi connectivity index (χ0) is 22.4. The molecule has 30 heavy (non-hydrogen) atoms. The minimum Gasteiger partial charge on any atom is -0.462 e. The molecule has 1 saturated heterocycles. The van der Waals surface area contributed by atoms with Crippen LogP contribution in [0.15, 0.2) is 0 Å². The number of thioether (sulfide) groups is 1. The predicted molar refractivity (Wildman–Crippen MR) is 119 cm³/mol. The van der Waals surface area contributed by atoms with Crippen LogP contribution in [0.5, 0.6) is 0 Å². The molecule has 2 heterocycles. The average molecular weight is 456 g/mol. The number of hydrogen-bond donors (Lipinski definition) is 2. The van der Waals surface area contributed by atoms with E-state index < -0.39 is 11.5 Å². The van der Waals surface area contributed by atoms with Crippen molar-refractivity contribution in [2.75, 3.05) is 24.2 Å². The molecule has 2 N–H and O–H groups in total. The van der Waals surface area contributed by atoms with E-state index in [9.17, 15) is 19.2 Å². The standard InChI is InChI=1S/C20H29N3O5S2/c1-6-13-12(5)30-18(17(13)19(27)28-7-2)21-15(25)10-29-20-22-14(24)8-16(26)23(20)9-11(3)4/h11,20H,6-10H2,1-5H3,(H,21,25)(H,22,24).